The largest absolute Gasteiger partial charge is 0.212 e. The second kappa shape index (κ2) is 32.3. The molecule has 0 aliphatic heterocycles. The van der Waals surface area contributed by atoms with Crippen molar-refractivity contribution in [2.24, 2.45) is 49.9 Å². The molecule has 0 aliphatic carbocycles. The molecular weight excluding hydrogens is 1290 g/mol. The van der Waals surface area contributed by atoms with Crippen molar-refractivity contribution in [3.8, 4) is 56.2 Å². The third kappa shape index (κ3) is 23.8. The summed E-state index contributed by atoms with van der Waals surface area (Å²) >= 11 is 0. The number of rotatable bonds is 13. The van der Waals surface area contributed by atoms with E-state index in [0.29, 0.717) is 16.7 Å². The summed E-state index contributed by atoms with van der Waals surface area (Å²) in [6.45, 7) is 56.7. The molecule has 0 amide bonds. The minimum absolute atomic E-state index is 0.0695. The summed E-state index contributed by atoms with van der Waals surface area (Å²) in [6.07, 6.45) is 0.483. The number of benzene rings is 5. The predicted octanol–water partition coefficient (Wildman–Crippen LogP) is 21.1. The molecule has 0 saturated heterocycles. The fraction of sp³-hybridized carbons (Fsp3) is 0.462. The summed E-state index contributed by atoms with van der Waals surface area (Å²) in [7, 11) is 1.94. The number of aryl methyl sites for hydroxylation is 11. The fourth-order valence-electron chi connectivity index (χ4n) is 12.5. The van der Waals surface area contributed by atoms with E-state index in [-0.39, 0.29) is 11.1 Å². The molecule has 0 aliphatic rings. The van der Waals surface area contributed by atoms with Crippen molar-refractivity contribution < 1.29 is 37.5 Å². The van der Waals surface area contributed by atoms with Crippen LogP contribution in [0.2, 0.25) is 78.6 Å². The lowest BCUT2D eigenvalue weighted by atomic mass is 9.81. The monoisotopic (exact) mass is 1440 g/mol. The molecule has 0 atom stereocenters. The number of hydrogen-bond donors (Lipinski definition) is 0. The lowest BCUT2D eigenvalue weighted by Gasteiger charge is -2.24. The maximum absolute atomic E-state index is 9.04. The van der Waals surface area contributed by atoms with Gasteiger partial charge < -0.3 is 0 Å². The van der Waals surface area contributed by atoms with Gasteiger partial charge in [-0.1, -0.05) is 255 Å². The lowest BCUT2D eigenvalue weighted by Crippen LogP contribution is -2.39. The Labute approximate surface area is 642 Å². The molecule has 0 fully saturated rings. The van der Waals surface area contributed by atoms with Gasteiger partial charge in [-0.05, 0) is 176 Å². The lowest BCUT2D eigenvalue weighted by molar-refractivity contribution is -0.661. The van der Waals surface area contributed by atoms with Gasteiger partial charge in [0.15, 0.2) is 24.8 Å². The summed E-state index contributed by atoms with van der Waals surface area (Å²) in [5.41, 5.74) is 16.3. The summed E-state index contributed by atoms with van der Waals surface area (Å²) in [4.78, 5) is 0. The number of aromatic nitrogens is 4. The molecule has 101 heavy (non-hydrogen) atoms. The second-order valence-corrected chi connectivity index (χ2v) is 56.9. The third-order valence-corrected chi connectivity index (χ3v) is 26.0. The van der Waals surface area contributed by atoms with Gasteiger partial charge in [-0.15, -0.1) is 0 Å². The molecule has 5 aromatic carbocycles. The Morgan fingerprint density at radius 1 is 0.307 bits per heavy atom. The zero-order valence-corrected chi connectivity index (χ0v) is 72.7. The molecule has 9 aromatic rings. The van der Waals surface area contributed by atoms with Crippen LogP contribution in [0.15, 0.2) is 152 Å². The molecule has 9 rings (SSSR count). The molecule has 0 N–H and O–H groups in total. The normalized spacial score (nSPS) is 15.3. The average molecular weight is 1440 g/mol. The molecule has 542 valence electrons. The minimum Gasteiger partial charge on any atom is -0.201 e. The van der Waals surface area contributed by atoms with Crippen molar-refractivity contribution in [1.82, 2.24) is 0 Å². The molecule has 4 heterocycles. The van der Waals surface area contributed by atoms with Crippen molar-refractivity contribution in [2.45, 2.75) is 235 Å². The standard InChI is InChI=1S/C26H42NSi.C23H28NSi.2C22H34NSi/c1-19-14-22(28(9,10)11)12-13-23(19)24-15-20(16-25(2,3)4)21(18-27(24)8)17-26(5,6)7;1-17-12-13-22(24(3)16-17)20-15-21(19-10-8-7-9-11-19)23(14-18(20)2)25(4,5)6;1-16-13-21(23(6)15-18(16)14-22(3,4)5)20-11-10-19(12-17(20)2)24(7,8)9;1-16-12-19(24(7,8)9)10-11-20(16)21-13-18(14-22(3,4)5)17(2)15-23(21)6/h12-15,18H,16-17H2,1-11H3;7-16H,1-6H3;2*10-13,15H,14H2,1-9H3/q4*+1/i16D2,17D2;1D3;14D2;2D3,14D2. The molecule has 0 bridgehead atoms. The van der Waals surface area contributed by atoms with Gasteiger partial charge in [0.1, 0.15) is 28.2 Å². The highest BCUT2D eigenvalue weighted by atomic mass is 28.3. The van der Waals surface area contributed by atoms with E-state index < -0.39 is 93.2 Å². The molecule has 0 saturated carbocycles. The first kappa shape index (κ1) is 64.2. The van der Waals surface area contributed by atoms with Crippen LogP contribution in [-0.2, 0) is 53.7 Å². The zero-order valence-electron chi connectivity index (χ0n) is 82.7. The van der Waals surface area contributed by atoms with Gasteiger partial charge in [-0.3, -0.25) is 0 Å². The van der Waals surface area contributed by atoms with E-state index in [9.17, 15) is 0 Å². The molecule has 4 nitrogen and oxygen atoms in total. The van der Waals surface area contributed by atoms with Gasteiger partial charge in [0.25, 0.3) is 0 Å². The SMILES string of the molecule is [2H]C([2H])([2H])c1c[n+](C)c(-c2ccc([Si](C)(C)C)cc2C)cc1C([2H])([2H])C(C)(C)C.[2H]C([2H])([2H])c1ccc(-c2cc(-c3ccccc3)c([Si](C)(C)C)cc2C)[n+](C)c1.[2H]C([2H])(c1c[n+](C)c(-c2ccc([Si](C)(C)C)cc2C)cc1C)C(C)(C)C.[2H]C([2H])(c1cc(-c2ccc([Si](C)(C)C)cc2C)[n+](C)cc1C([2H])([2H])C(C)(C)C)C(C)(C)C. The van der Waals surface area contributed by atoms with Crippen LogP contribution in [0.25, 0.3) is 56.2 Å². The predicted molar refractivity (Wildman–Crippen MR) is 455 cm³/mol. The molecule has 0 spiro atoms. The van der Waals surface area contributed by atoms with Crippen LogP contribution in [0.4, 0.5) is 0 Å². The van der Waals surface area contributed by atoms with Crippen LogP contribution in [0.1, 0.15) is 163 Å². The molecule has 8 heteroatoms. The summed E-state index contributed by atoms with van der Waals surface area (Å²) < 4.78 is 125. The van der Waals surface area contributed by atoms with Crippen molar-refractivity contribution in [3.05, 3.63) is 213 Å². The van der Waals surface area contributed by atoms with Gasteiger partial charge in [0, 0.05) is 88.0 Å². The maximum atomic E-state index is 9.04. The van der Waals surface area contributed by atoms with E-state index in [1.54, 1.807) is 49.9 Å². The summed E-state index contributed by atoms with van der Waals surface area (Å²) in [5, 5.41) is 5.68. The Morgan fingerprint density at radius 2 is 0.683 bits per heavy atom. The van der Waals surface area contributed by atoms with E-state index in [1.165, 1.54) is 48.6 Å². The molecule has 0 unspecified atom stereocenters. The second-order valence-electron chi connectivity index (χ2n) is 36.6. The van der Waals surface area contributed by atoms with Gasteiger partial charge in [0.05, 0.1) is 32.3 Å². The number of nitrogens with zero attached hydrogens (tertiary/aromatic N) is 4. The van der Waals surface area contributed by atoms with Crippen LogP contribution in [0.5, 0.6) is 0 Å². The highest BCUT2D eigenvalue weighted by Gasteiger charge is 2.29. The number of hydrogen-bond acceptors (Lipinski definition) is 0. The molecule has 4 aromatic heterocycles. The Kier molecular flexibility index (Phi) is 20.5. The summed E-state index contributed by atoms with van der Waals surface area (Å²) in [6, 6.07) is 44.5. The average Bonchev–Trinajstić information content (AvgIpc) is 0.747. The van der Waals surface area contributed by atoms with E-state index in [4.69, 9.17) is 19.2 Å². The van der Waals surface area contributed by atoms with E-state index in [1.807, 2.05) is 137 Å². The number of pyridine rings is 4. The first-order valence-electron chi connectivity index (χ1n) is 43.3. The van der Waals surface area contributed by atoms with Crippen molar-refractivity contribution in [1.29, 1.82) is 0 Å². The van der Waals surface area contributed by atoms with Crippen LogP contribution < -0.4 is 39.0 Å². The highest BCUT2D eigenvalue weighted by Crippen LogP contribution is 2.34. The van der Waals surface area contributed by atoms with Gasteiger partial charge in [0.2, 0.25) is 22.8 Å². The quantitative estimate of drug-likeness (QED) is 0.0808. The first-order valence-corrected chi connectivity index (χ1v) is 50.3. The van der Waals surface area contributed by atoms with Gasteiger partial charge in [-0.2, -0.15) is 0 Å². The zero-order chi connectivity index (χ0) is 88.4. The third-order valence-electron chi connectivity index (χ3n) is 17.8. The minimum atomic E-state index is -2.39. The van der Waals surface area contributed by atoms with Crippen LogP contribution >= 0.6 is 0 Å². The maximum Gasteiger partial charge on any atom is 0.212 e. The van der Waals surface area contributed by atoms with Crippen LogP contribution in [0.3, 0.4) is 0 Å². The summed E-state index contributed by atoms with van der Waals surface area (Å²) in [5.74, 6) is 0. The Bertz CT molecular complexity index is 5000. The first-order chi connectivity index (χ1) is 51.6. The topological polar surface area (TPSA) is 15.5 Å². The molecule has 0 radical (unpaired) electrons. The highest BCUT2D eigenvalue weighted by molar-refractivity contribution is 6.90. The Morgan fingerprint density at radius 3 is 1.08 bits per heavy atom. The van der Waals surface area contributed by atoms with Crippen LogP contribution in [0, 0.1) is 70.0 Å². The van der Waals surface area contributed by atoms with Gasteiger partial charge >= 0.3 is 0 Å². The van der Waals surface area contributed by atoms with E-state index >= 15 is 0 Å². The van der Waals surface area contributed by atoms with E-state index in [2.05, 4.69) is 208 Å². The Balaban J connectivity index is 0.000000239. The Hall–Kier alpha value is -6.43. The van der Waals surface area contributed by atoms with Crippen molar-refractivity contribution in [2.75, 3.05) is 0 Å². The van der Waals surface area contributed by atoms with Crippen molar-refractivity contribution >= 4 is 53.0 Å². The van der Waals surface area contributed by atoms with Crippen LogP contribution in [-0.4, -0.2) is 32.3 Å². The van der Waals surface area contributed by atoms with E-state index in [0.717, 1.165) is 61.7 Å². The van der Waals surface area contributed by atoms with Gasteiger partial charge in [-0.25, -0.2) is 18.3 Å². The van der Waals surface area contributed by atoms with Crippen molar-refractivity contribution in [3.63, 3.8) is 0 Å². The fourth-order valence-corrected chi connectivity index (χ4v) is 17.9. The smallest absolute Gasteiger partial charge is 0.201 e. The molecular formula is C93H138N4Si4+4.